The van der Waals surface area contributed by atoms with Crippen molar-refractivity contribution in [3.63, 3.8) is 0 Å². The Morgan fingerprint density at radius 3 is 3.10 bits per heavy atom. The highest BCUT2D eigenvalue weighted by atomic mass is 35.5. The topological polar surface area (TPSA) is 58.6 Å². The van der Waals surface area contributed by atoms with Crippen molar-refractivity contribution in [1.82, 2.24) is 10.2 Å². The number of benzene rings is 1. The molecule has 0 aromatic heterocycles. The zero-order valence-corrected chi connectivity index (χ0v) is 11.9. The van der Waals surface area contributed by atoms with E-state index in [9.17, 15) is 9.59 Å². The quantitative estimate of drug-likeness (QED) is 0.915. The lowest BCUT2D eigenvalue weighted by molar-refractivity contribution is -0.135. The molecule has 1 N–H and O–H groups in total. The third-order valence-corrected chi connectivity index (χ3v) is 3.23. The molecule has 0 aliphatic carbocycles. The largest absolute Gasteiger partial charge is 0.493 e. The number of carbonyl (C=O) groups excluding carboxylic acids is 2. The summed E-state index contributed by atoms with van der Waals surface area (Å²) in [4.78, 5) is 24.9. The highest BCUT2D eigenvalue weighted by molar-refractivity contribution is 6.30. The summed E-state index contributed by atoms with van der Waals surface area (Å²) in [6, 6.07) is 7.04. The highest BCUT2D eigenvalue weighted by Gasteiger charge is 2.19. The zero-order valence-electron chi connectivity index (χ0n) is 11.1. The van der Waals surface area contributed by atoms with Gasteiger partial charge in [-0.3, -0.25) is 9.59 Å². The Kier molecular flexibility index (Phi) is 5.24. The van der Waals surface area contributed by atoms with Gasteiger partial charge in [0.2, 0.25) is 11.8 Å². The van der Waals surface area contributed by atoms with Crippen molar-refractivity contribution in [1.29, 1.82) is 0 Å². The van der Waals surface area contributed by atoms with Crippen LogP contribution in [0.25, 0.3) is 0 Å². The summed E-state index contributed by atoms with van der Waals surface area (Å²) in [5.41, 5.74) is 0. The van der Waals surface area contributed by atoms with Gasteiger partial charge in [0, 0.05) is 18.1 Å². The highest BCUT2D eigenvalue weighted by Crippen LogP contribution is 2.17. The number of carbonyl (C=O) groups is 2. The normalized spacial score (nSPS) is 15.4. The van der Waals surface area contributed by atoms with Crippen molar-refractivity contribution in [2.24, 2.45) is 0 Å². The standard InChI is InChI=1S/C14H17ClN2O3/c15-11-3-1-4-12(9-11)20-8-5-14(19)17-7-2-6-16-13(18)10-17/h1,3-4,9H,2,5-8,10H2,(H,16,18). The first kappa shape index (κ1) is 14.7. The molecular formula is C14H17ClN2O3. The van der Waals surface area contributed by atoms with E-state index in [1.165, 1.54) is 0 Å². The maximum atomic E-state index is 12.0. The first-order valence-electron chi connectivity index (χ1n) is 6.58. The van der Waals surface area contributed by atoms with E-state index in [4.69, 9.17) is 16.3 Å². The minimum atomic E-state index is -0.105. The number of ether oxygens (including phenoxy) is 1. The fourth-order valence-electron chi connectivity index (χ4n) is 1.99. The summed E-state index contributed by atoms with van der Waals surface area (Å²) in [7, 11) is 0. The maximum Gasteiger partial charge on any atom is 0.239 e. The van der Waals surface area contributed by atoms with Crippen LogP contribution in [0.2, 0.25) is 5.02 Å². The summed E-state index contributed by atoms with van der Waals surface area (Å²) < 4.78 is 5.47. The Balaban J connectivity index is 1.78. The lowest BCUT2D eigenvalue weighted by atomic mass is 10.3. The second-order valence-corrected chi connectivity index (χ2v) is 5.01. The van der Waals surface area contributed by atoms with Crippen LogP contribution in [0.15, 0.2) is 24.3 Å². The SMILES string of the molecule is O=C1CN(C(=O)CCOc2cccc(Cl)c2)CCCN1. The molecule has 2 amide bonds. The molecule has 0 spiro atoms. The van der Waals surface area contributed by atoms with Gasteiger partial charge in [-0.05, 0) is 24.6 Å². The van der Waals surface area contributed by atoms with Gasteiger partial charge in [0.1, 0.15) is 5.75 Å². The molecule has 1 aromatic rings. The van der Waals surface area contributed by atoms with Crippen molar-refractivity contribution >= 4 is 23.4 Å². The van der Waals surface area contributed by atoms with Gasteiger partial charge >= 0.3 is 0 Å². The van der Waals surface area contributed by atoms with E-state index < -0.39 is 0 Å². The van der Waals surface area contributed by atoms with Crippen LogP contribution in [-0.2, 0) is 9.59 Å². The second kappa shape index (κ2) is 7.14. The Morgan fingerprint density at radius 1 is 1.45 bits per heavy atom. The van der Waals surface area contributed by atoms with Crippen LogP contribution < -0.4 is 10.1 Å². The fourth-order valence-corrected chi connectivity index (χ4v) is 2.17. The minimum Gasteiger partial charge on any atom is -0.493 e. The Bertz CT molecular complexity index is 493. The molecule has 1 saturated heterocycles. The fraction of sp³-hybridized carbons (Fsp3) is 0.429. The van der Waals surface area contributed by atoms with Crippen molar-refractivity contribution in [2.45, 2.75) is 12.8 Å². The minimum absolute atomic E-state index is 0.0657. The van der Waals surface area contributed by atoms with Gasteiger partial charge in [-0.2, -0.15) is 0 Å². The molecule has 1 aliphatic heterocycles. The number of nitrogens with zero attached hydrogens (tertiary/aromatic N) is 1. The van der Waals surface area contributed by atoms with Crippen molar-refractivity contribution in [3.05, 3.63) is 29.3 Å². The first-order chi connectivity index (χ1) is 9.65. The molecule has 6 heteroatoms. The van der Waals surface area contributed by atoms with E-state index in [-0.39, 0.29) is 31.4 Å². The molecule has 1 aliphatic rings. The molecule has 0 bridgehead atoms. The van der Waals surface area contributed by atoms with E-state index in [0.29, 0.717) is 23.9 Å². The maximum absolute atomic E-state index is 12.0. The van der Waals surface area contributed by atoms with E-state index in [0.717, 1.165) is 6.42 Å². The van der Waals surface area contributed by atoms with Crippen molar-refractivity contribution in [2.75, 3.05) is 26.2 Å². The van der Waals surface area contributed by atoms with Crippen LogP contribution in [0.1, 0.15) is 12.8 Å². The summed E-state index contributed by atoms with van der Waals surface area (Å²) in [6.07, 6.45) is 1.03. The van der Waals surface area contributed by atoms with Gasteiger partial charge in [0.15, 0.2) is 0 Å². The Hall–Kier alpha value is -1.75. The molecule has 1 aromatic carbocycles. The molecule has 108 valence electrons. The Morgan fingerprint density at radius 2 is 2.30 bits per heavy atom. The summed E-state index contributed by atoms with van der Waals surface area (Å²) in [5.74, 6) is 0.467. The van der Waals surface area contributed by atoms with Crippen LogP contribution in [0.4, 0.5) is 0 Å². The summed E-state index contributed by atoms with van der Waals surface area (Å²) in [5, 5.41) is 3.33. The first-order valence-corrected chi connectivity index (χ1v) is 6.96. The number of amides is 2. The lowest BCUT2D eigenvalue weighted by Gasteiger charge is -2.19. The van der Waals surface area contributed by atoms with Gasteiger partial charge < -0.3 is 15.0 Å². The molecule has 5 nitrogen and oxygen atoms in total. The predicted octanol–water partition coefficient (Wildman–Crippen LogP) is 1.46. The molecule has 0 saturated carbocycles. The number of rotatable bonds is 4. The molecule has 0 unspecified atom stereocenters. The van der Waals surface area contributed by atoms with E-state index in [1.54, 1.807) is 29.2 Å². The zero-order chi connectivity index (χ0) is 14.4. The molecule has 1 fully saturated rings. The van der Waals surface area contributed by atoms with Crippen LogP contribution in [-0.4, -0.2) is 43.0 Å². The molecule has 1 heterocycles. The second-order valence-electron chi connectivity index (χ2n) is 4.57. The summed E-state index contributed by atoms with van der Waals surface area (Å²) in [6.45, 7) is 1.64. The molecule has 2 rings (SSSR count). The number of hydrogen-bond donors (Lipinski definition) is 1. The van der Waals surface area contributed by atoms with Gasteiger partial charge in [0.25, 0.3) is 0 Å². The monoisotopic (exact) mass is 296 g/mol. The molecule has 0 atom stereocenters. The van der Waals surface area contributed by atoms with Crippen molar-refractivity contribution < 1.29 is 14.3 Å². The van der Waals surface area contributed by atoms with Gasteiger partial charge in [-0.1, -0.05) is 17.7 Å². The van der Waals surface area contributed by atoms with Gasteiger partial charge in [-0.15, -0.1) is 0 Å². The molecular weight excluding hydrogens is 280 g/mol. The predicted molar refractivity (Wildman–Crippen MR) is 75.8 cm³/mol. The third-order valence-electron chi connectivity index (χ3n) is 2.99. The van der Waals surface area contributed by atoms with E-state index in [2.05, 4.69) is 5.32 Å². The summed E-state index contributed by atoms with van der Waals surface area (Å²) >= 11 is 5.84. The van der Waals surface area contributed by atoms with Crippen molar-refractivity contribution in [3.8, 4) is 5.75 Å². The van der Waals surface area contributed by atoms with E-state index >= 15 is 0 Å². The van der Waals surface area contributed by atoms with Crippen LogP contribution >= 0.6 is 11.6 Å². The van der Waals surface area contributed by atoms with Crippen LogP contribution in [0, 0.1) is 0 Å². The number of halogens is 1. The van der Waals surface area contributed by atoms with Gasteiger partial charge in [0.05, 0.1) is 19.6 Å². The third kappa shape index (κ3) is 4.42. The number of nitrogens with one attached hydrogen (secondary N) is 1. The average Bonchev–Trinajstić information content (AvgIpc) is 2.63. The Labute approximate surface area is 122 Å². The van der Waals surface area contributed by atoms with Crippen LogP contribution in [0.3, 0.4) is 0 Å². The smallest absolute Gasteiger partial charge is 0.239 e. The van der Waals surface area contributed by atoms with Gasteiger partial charge in [-0.25, -0.2) is 0 Å². The lowest BCUT2D eigenvalue weighted by Crippen LogP contribution is -2.37. The number of hydrogen-bond acceptors (Lipinski definition) is 3. The van der Waals surface area contributed by atoms with Crippen LogP contribution in [0.5, 0.6) is 5.75 Å². The molecule has 0 radical (unpaired) electrons. The molecule has 20 heavy (non-hydrogen) atoms. The van der Waals surface area contributed by atoms with E-state index in [1.807, 2.05) is 0 Å². The average molecular weight is 297 g/mol.